The molecule has 1 fully saturated rings. The van der Waals surface area contributed by atoms with Crippen molar-refractivity contribution in [1.82, 2.24) is 4.98 Å². The van der Waals surface area contributed by atoms with E-state index in [0.717, 1.165) is 46.8 Å². The van der Waals surface area contributed by atoms with Gasteiger partial charge in [-0.3, -0.25) is 4.98 Å². The lowest BCUT2D eigenvalue weighted by Gasteiger charge is -2.29. The van der Waals surface area contributed by atoms with E-state index in [1.807, 2.05) is 25.1 Å². The van der Waals surface area contributed by atoms with Crippen molar-refractivity contribution in [3.63, 3.8) is 0 Å². The van der Waals surface area contributed by atoms with Gasteiger partial charge in [-0.15, -0.1) is 5.73 Å². The first kappa shape index (κ1) is 33.3. The summed E-state index contributed by atoms with van der Waals surface area (Å²) in [6.45, 7) is 10.0. The Hall–Kier alpha value is -3.06. The smallest absolute Gasteiger partial charge is 0.387 e. The predicted molar refractivity (Wildman–Crippen MR) is 177 cm³/mol. The van der Waals surface area contributed by atoms with E-state index in [9.17, 15) is 13.9 Å². The van der Waals surface area contributed by atoms with E-state index in [4.69, 9.17) is 4.74 Å². The van der Waals surface area contributed by atoms with Gasteiger partial charge in [-0.2, -0.15) is 8.78 Å². The number of rotatable bonds is 10. The number of hydrogen-bond donors (Lipinski definition) is 2. The van der Waals surface area contributed by atoms with E-state index in [0.29, 0.717) is 18.5 Å². The van der Waals surface area contributed by atoms with Crippen molar-refractivity contribution in [3.05, 3.63) is 94.3 Å². The van der Waals surface area contributed by atoms with Gasteiger partial charge >= 0.3 is 6.61 Å². The molecule has 1 aromatic heterocycles. The molecule has 0 spiro atoms. The van der Waals surface area contributed by atoms with Crippen molar-refractivity contribution in [3.8, 4) is 5.75 Å². The summed E-state index contributed by atoms with van der Waals surface area (Å²) in [6, 6.07) is 10.1. The van der Waals surface area contributed by atoms with Crippen molar-refractivity contribution < 1.29 is 23.0 Å². The van der Waals surface area contributed by atoms with Gasteiger partial charge in [-0.05, 0) is 91.0 Å². The molecule has 2 N–H and O–H groups in total. The van der Waals surface area contributed by atoms with Crippen LogP contribution in [0.3, 0.4) is 0 Å². The molecule has 2 heterocycles. The van der Waals surface area contributed by atoms with Crippen molar-refractivity contribution in [2.45, 2.75) is 109 Å². The van der Waals surface area contributed by atoms with Gasteiger partial charge in [-0.1, -0.05) is 58.5 Å². The summed E-state index contributed by atoms with van der Waals surface area (Å²) in [4.78, 5) is 4.53. The van der Waals surface area contributed by atoms with E-state index in [2.05, 4.69) is 62.4 Å². The van der Waals surface area contributed by atoms with Gasteiger partial charge in [0, 0.05) is 41.4 Å². The van der Waals surface area contributed by atoms with Crippen LogP contribution in [0.4, 0.5) is 18.9 Å². The number of nitrogens with zero attached hydrogens (tertiary/aromatic N) is 1. The Bertz CT molecular complexity index is 1500. The molecule has 4 nitrogen and oxygen atoms in total. The van der Waals surface area contributed by atoms with Crippen LogP contribution in [0.5, 0.6) is 5.75 Å². The van der Waals surface area contributed by atoms with Crippen molar-refractivity contribution in [2.75, 3.05) is 5.32 Å². The molecule has 1 aromatic carbocycles. The van der Waals surface area contributed by atoms with E-state index >= 15 is 4.39 Å². The van der Waals surface area contributed by atoms with Gasteiger partial charge < -0.3 is 15.2 Å². The Morgan fingerprint density at radius 3 is 2.67 bits per heavy atom. The number of ether oxygens (including phenoxy) is 1. The normalized spacial score (nSPS) is 25.0. The van der Waals surface area contributed by atoms with Crippen LogP contribution in [0.15, 0.2) is 77.5 Å². The Balaban J connectivity index is 1.32. The number of benzene rings is 1. The summed E-state index contributed by atoms with van der Waals surface area (Å²) in [5.74, 6) is 0.283. The third-order valence-electron chi connectivity index (χ3n) is 9.98. The summed E-state index contributed by atoms with van der Waals surface area (Å²) in [5.41, 5.74) is 7.15. The van der Waals surface area contributed by atoms with Crippen molar-refractivity contribution in [1.29, 1.82) is 0 Å². The number of pyridine rings is 1. The number of hydrogen-bond acceptors (Lipinski definition) is 4. The molecule has 1 radical (unpaired) electrons. The van der Waals surface area contributed by atoms with E-state index < -0.39 is 21.0 Å². The molecule has 241 valence electrons. The summed E-state index contributed by atoms with van der Waals surface area (Å²) < 4.78 is 47.0. The van der Waals surface area contributed by atoms with E-state index in [1.165, 1.54) is 0 Å². The molecule has 2 aliphatic carbocycles. The summed E-state index contributed by atoms with van der Waals surface area (Å²) in [5, 5.41) is 15.0. The molecule has 8 heteroatoms. The van der Waals surface area contributed by atoms with Crippen LogP contribution >= 0.6 is 0 Å². The number of aliphatic hydroxyl groups is 1. The average molecular weight is 636 g/mol. The second-order valence-electron chi connectivity index (χ2n) is 14.1. The topological polar surface area (TPSA) is 54.4 Å². The van der Waals surface area contributed by atoms with Crippen LogP contribution in [0, 0.1) is 11.8 Å². The lowest BCUT2D eigenvalue weighted by Crippen LogP contribution is -2.28. The van der Waals surface area contributed by atoms with Crippen LogP contribution in [-0.2, 0) is 12.0 Å². The van der Waals surface area contributed by atoms with E-state index in [-0.39, 0.29) is 46.8 Å². The highest BCUT2D eigenvalue weighted by Crippen LogP contribution is 2.56. The average Bonchev–Trinajstić information content (AvgIpc) is 3.10. The summed E-state index contributed by atoms with van der Waals surface area (Å²) >= 11 is 0. The second-order valence-corrected chi connectivity index (χ2v) is 17.7. The highest BCUT2D eigenvalue weighted by molar-refractivity contribution is 6.60. The van der Waals surface area contributed by atoms with Gasteiger partial charge in [0.1, 0.15) is 17.2 Å². The molecule has 45 heavy (non-hydrogen) atoms. The SMILES string of the molecule is CC/C=C1/CC2C(C=C=C1/C=C(/F)Cc1ccc(C(C)(O)CC[Si](C)C(C)(C)C)nc1)C1C[C@H]2c2c(cccc2OC(F)F)N1. The van der Waals surface area contributed by atoms with Gasteiger partial charge in [0.25, 0.3) is 0 Å². The Morgan fingerprint density at radius 1 is 1.22 bits per heavy atom. The van der Waals surface area contributed by atoms with E-state index in [1.54, 1.807) is 24.4 Å². The van der Waals surface area contributed by atoms with Crippen molar-refractivity contribution in [2.24, 2.45) is 11.8 Å². The minimum Gasteiger partial charge on any atom is -0.434 e. The zero-order valence-corrected chi connectivity index (χ0v) is 28.3. The quantitative estimate of drug-likeness (QED) is 0.202. The highest BCUT2D eigenvalue weighted by Gasteiger charge is 2.48. The molecule has 2 bridgehead atoms. The summed E-state index contributed by atoms with van der Waals surface area (Å²) in [7, 11) is -0.619. The number of allylic oxidation sites excluding steroid dienone is 4. The maximum atomic E-state index is 15.6. The Morgan fingerprint density at radius 2 is 2.00 bits per heavy atom. The number of fused-ring (bicyclic) bond motifs is 7. The van der Waals surface area contributed by atoms with Crippen LogP contribution < -0.4 is 10.1 Å². The standard InChI is InChI=1S/C37H46F3N2O2Si/c1-7-9-24-20-28-27(31-21-29(28)34-30(42-31)10-8-11-32(34)44-35(39)40)14-13-25(24)19-26(38)18-23-12-15-33(41-22-23)37(5,43)16-17-45(6)36(2,3)4/h8-12,14-15,19,22,27-29,31,35,42-43H,7,16-18,20-21H2,1-6H3/b24-9-,26-19+/t27?,28?,29-,31?,37?/m1/s1. The number of alkyl halides is 2. The monoisotopic (exact) mass is 635 g/mol. The number of anilines is 1. The maximum Gasteiger partial charge on any atom is 0.387 e. The second kappa shape index (κ2) is 13.3. The molecule has 3 aliphatic rings. The number of halogens is 3. The highest BCUT2D eigenvalue weighted by atomic mass is 28.3. The number of nitrogens with one attached hydrogen (secondary N) is 1. The zero-order valence-electron chi connectivity index (χ0n) is 27.3. The van der Waals surface area contributed by atoms with Crippen LogP contribution in [0.25, 0.3) is 0 Å². The fourth-order valence-electron chi connectivity index (χ4n) is 7.03. The van der Waals surface area contributed by atoms with Gasteiger partial charge in [0.05, 0.1) is 14.5 Å². The minimum atomic E-state index is -2.89. The van der Waals surface area contributed by atoms with Crippen LogP contribution in [-0.4, -0.2) is 31.5 Å². The zero-order chi connectivity index (χ0) is 32.5. The maximum absolute atomic E-state index is 15.6. The Labute approximate surface area is 267 Å². The van der Waals surface area contributed by atoms with Gasteiger partial charge in [-0.25, -0.2) is 4.39 Å². The molecule has 5 rings (SSSR count). The lowest BCUT2D eigenvalue weighted by atomic mass is 9.80. The largest absolute Gasteiger partial charge is 0.434 e. The minimum absolute atomic E-state index is 0.0536. The lowest BCUT2D eigenvalue weighted by molar-refractivity contribution is -0.0507. The molecule has 4 unspecified atom stereocenters. The van der Waals surface area contributed by atoms with Gasteiger partial charge in [0.15, 0.2) is 0 Å². The third-order valence-corrected chi connectivity index (χ3v) is 13.5. The van der Waals surface area contributed by atoms with Crippen molar-refractivity contribution >= 4 is 14.5 Å². The molecule has 5 atom stereocenters. The third kappa shape index (κ3) is 7.51. The molecular formula is C37H46F3N2O2Si. The molecular weight excluding hydrogens is 589 g/mol. The fraction of sp³-hybridized carbons (Fsp3) is 0.514. The first-order valence-electron chi connectivity index (χ1n) is 16.1. The number of aromatic nitrogens is 1. The summed E-state index contributed by atoms with van der Waals surface area (Å²) in [6.07, 6.45) is 10.5. The van der Waals surface area contributed by atoms with Crippen LogP contribution in [0.1, 0.15) is 83.0 Å². The molecule has 1 aliphatic heterocycles. The molecule has 2 aromatic rings. The molecule has 0 amide bonds. The Kier molecular flexibility index (Phi) is 9.88. The first-order chi connectivity index (χ1) is 21.3. The van der Waals surface area contributed by atoms with Gasteiger partial charge in [0.2, 0.25) is 0 Å². The van der Waals surface area contributed by atoms with Crippen LogP contribution in [0.2, 0.25) is 17.6 Å². The predicted octanol–water partition coefficient (Wildman–Crippen LogP) is 9.64. The first-order valence-corrected chi connectivity index (χ1v) is 18.3. The fourth-order valence-corrected chi connectivity index (χ4v) is 8.64. The molecule has 0 saturated heterocycles. The molecule has 1 saturated carbocycles.